The Morgan fingerprint density at radius 2 is 1.19 bits per heavy atom. The molecule has 2 unspecified atom stereocenters. The van der Waals surface area contributed by atoms with Gasteiger partial charge >= 0.3 is 6.03 Å². The number of hydrogen-bond donors (Lipinski definition) is 7. The van der Waals surface area contributed by atoms with Crippen LogP contribution in [0.4, 0.5) is 25.2 Å². The highest BCUT2D eigenvalue weighted by molar-refractivity contribution is 7.89. The highest BCUT2D eigenvalue weighted by atomic mass is 35.5. The molecule has 4 atom stereocenters. The summed E-state index contributed by atoms with van der Waals surface area (Å²) in [5.41, 5.74) is 2.61. The molecule has 0 aromatic carbocycles. The molecule has 6 aromatic heterocycles. The minimum absolute atomic E-state index is 0.0425. The number of amides is 2. The number of urea groups is 1. The summed E-state index contributed by atoms with van der Waals surface area (Å²) in [5, 5.41) is 14.6. The fraction of sp³-hybridized carbons (Fsp3) is 0.439. The Morgan fingerprint density at radius 3 is 1.69 bits per heavy atom. The van der Waals surface area contributed by atoms with Gasteiger partial charge in [0.15, 0.2) is 34.9 Å². The van der Waals surface area contributed by atoms with Crippen molar-refractivity contribution in [3.8, 4) is 22.8 Å². The van der Waals surface area contributed by atoms with Gasteiger partial charge in [-0.25, -0.2) is 56.6 Å². The molecule has 330 valence electrons. The molecule has 0 spiro atoms. The first kappa shape index (κ1) is 44.8. The van der Waals surface area contributed by atoms with Gasteiger partial charge in [-0.1, -0.05) is 62.7 Å². The van der Waals surface area contributed by atoms with Gasteiger partial charge in [-0.15, -0.1) is 0 Å². The molecule has 6 heterocycles. The molecule has 6 aromatic rings. The van der Waals surface area contributed by atoms with E-state index in [1.54, 1.807) is 30.7 Å². The van der Waals surface area contributed by atoms with E-state index >= 15 is 0 Å². The Morgan fingerprint density at radius 1 is 0.710 bits per heavy atom. The molecule has 8 rings (SSSR count). The second-order valence-corrected chi connectivity index (χ2v) is 18.2. The maximum atomic E-state index is 14.6. The Labute approximate surface area is 367 Å². The molecule has 2 aliphatic rings. The summed E-state index contributed by atoms with van der Waals surface area (Å²) in [6.07, 6.45) is 17.1. The first-order valence-corrected chi connectivity index (χ1v) is 23.2. The van der Waals surface area contributed by atoms with Gasteiger partial charge < -0.3 is 31.2 Å². The predicted molar refractivity (Wildman–Crippen MR) is 238 cm³/mol. The van der Waals surface area contributed by atoms with Gasteiger partial charge in [0.05, 0.1) is 34.2 Å². The number of carbonyl (C=O) groups is 1. The Hall–Kier alpha value is -5.24. The summed E-state index contributed by atoms with van der Waals surface area (Å²) < 4.78 is 56.4. The summed E-state index contributed by atoms with van der Waals surface area (Å²) in [6, 6.07) is 2.49. The predicted octanol–water partition coefficient (Wildman–Crippen LogP) is 8.11. The largest absolute Gasteiger partial charge is 0.363 e. The number of aromatic nitrogens is 8. The fourth-order valence-corrected chi connectivity index (χ4v) is 9.53. The molecule has 7 N–H and O–H groups in total. The summed E-state index contributed by atoms with van der Waals surface area (Å²) in [7, 11) is -3.38. The van der Waals surface area contributed by atoms with Crippen molar-refractivity contribution < 1.29 is 22.0 Å². The molecular weight excluding hydrogens is 864 g/mol. The van der Waals surface area contributed by atoms with Crippen LogP contribution in [-0.2, 0) is 10.0 Å². The maximum absolute atomic E-state index is 14.6. The zero-order chi connectivity index (χ0) is 43.8. The molecule has 16 nitrogen and oxygen atoms in total. The van der Waals surface area contributed by atoms with E-state index in [1.165, 1.54) is 6.20 Å². The highest BCUT2D eigenvalue weighted by Gasteiger charge is 2.30. The van der Waals surface area contributed by atoms with E-state index in [1.807, 2.05) is 13.8 Å². The van der Waals surface area contributed by atoms with Crippen LogP contribution >= 0.6 is 23.2 Å². The Kier molecular flexibility index (Phi) is 14.7. The van der Waals surface area contributed by atoms with Crippen LogP contribution in [0.2, 0.25) is 10.0 Å². The molecule has 2 fully saturated rings. The van der Waals surface area contributed by atoms with Crippen molar-refractivity contribution in [3.63, 3.8) is 0 Å². The molecule has 21 heteroatoms. The van der Waals surface area contributed by atoms with Crippen LogP contribution in [0.1, 0.15) is 78.1 Å². The molecule has 62 heavy (non-hydrogen) atoms. The lowest BCUT2D eigenvalue weighted by atomic mass is 9.90. The molecule has 0 bridgehead atoms. The number of nitrogens with one attached hydrogen (secondary N) is 7. The third kappa shape index (κ3) is 11.0. The summed E-state index contributed by atoms with van der Waals surface area (Å²) >= 11 is 12.1. The summed E-state index contributed by atoms with van der Waals surface area (Å²) in [4.78, 5) is 43.8. The van der Waals surface area contributed by atoms with E-state index in [2.05, 4.69) is 65.9 Å². The normalized spacial score (nSPS) is 19.1. The number of fused-ring (bicyclic) bond motifs is 2. The Balaban J connectivity index is 0.000000186. The minimum Gasteiger partial charge on any atom is -0.363 e. The van der Waals surface area contributed by atoms with Crippen molar-refractivity contribution in [1.29, 1.82) is 0 Å². The fourth-order valence-electron chi connectivity index (χ4n) is 7.81. The Bertz CT molecular complexity index is 2610. The van der Waals surface area contributed by atoms with Crippen molar-refractivity contribution >= 4 is 73.0 Å². The number of halogens is 4. The number of H-pyrrole nitrogens is 2. The van der Waals surface area contributed by atoms with Gasteiger partial charge in [-0.2, -0.15) is 0 Å². The first-order valence-electron chi connectivity index (χ1n) is 20.8. The van der Waals surface area contributed by atoms with Crippen molar-refractivity contribution in [2.24, 2.45) is 0 Å². The second-order valence-electron chi connectivity index (χ2n) is 15.4. The van der Waals surface area contributed by atoms with Gasteiger partial charge in [0.25, 0.3) is 0 Å². The number of hydrogen-bond acceptors (Lipinski definition) is 11. The SMILES string of the molecule is CCCNC(=O)N[C@@H]1CCCCC1Nc1nc(-c2c[nH]c3ncc(Cl)cc23)ncc1F.CCCS(=O)(=O)N[C@@H]1CCCCC1Nc1nc(-c2c[nH]c3ncc(Cl)cc23)ncc1F. The highest BCUT2D eigenvalue weighted by Crippen LogP contribution is 2.31. The van der Waals surface area contributed by atoms with Crippen LogP contribution < -0.4 is 26.0 Å². The van der Waals surface area contributed by atoms with Crippen molar-refractivity contribution in [1.82, 2.24) is 55.2 Å². The molecular formula is C41H49Cl2F2N13O3S. The topological polar surface area (TPSA) is 220 Å². The summed E-state index contributed by atoms with van der Waals surface area (Å²) in [5.74, 6) is -0.236. The maximum Gasteiger partial charge on any atom is 0.315 e. The average Bonchev–Trinajstić information content (AvgIpc) is 3.87. The van der Waals surface area contributed by atoms with Crippen LogP contribution in [0, 0.1) is 11.6 Å². The zero-order valence-corrected chi connectivity index (χ0v) is 36.6. The van der Waals surface area contributed by atoms with Gasteiger partial charge in [0.1, 0.15) is 11.3 Å². The van der Waals surface area contributed by atoms with Crippen LogP contribution in [0.25, 0.3) is 44.8 Å². The molecule has 2 saturated carbocycles. The monoisotopic (exact) mass is 911 g/mol. The molecule has 0 saturated heterocycles. The second kappa shape index (κ2) is 20.3. The van der Waals surface area contributed by atoms with Gasteiger partial charge in [-0.05, 0) is 50.7 Å². The van der Waals surface area contributed by atoms with Crippen LogP contribution in [-0.4, -0.2) is 90.8 Å². The number of anilines is 2. The van der Waals surface area contributed by atoms with Gasteiger partial charge in [0.2, 0.25) is 10.0 Å². The van der Waals surface area contributed by atoms with E-state index in [-0.39, 0.29) is 47.6 Å². The van der Waals surface area contributed by atoms with Crippen LogP contribution in [0.5, 0.6) is 0 Å². The molecule has 0 radical (unpaired) electrons. The molecule has 2 amide bonds. The number of nitrogens with zero attached hydrogens (tertiary/aromatic N) is 6. The number of pyridine rings is 2. The third-order valence-corrected chi connectivity index (χ3v) is 12.8. The third-order valence-electron chi connectivity index (χ3n) is 10.8. The zero-order valence-electron chi connectivity index (χ0n) is 34.2. The number of sulfonamides is 1. The summed E-state index contributed by atoms with van der Waals surface area (Å²) in [6.45, 7) is 4.43. The molecule has 2 aliphatic carbocycles. The smallest absolute Gasteiger partial charge is 0.315 e. The molecule has 0 aliphatic heterocycles. The van der Waals surface area contributed by atoms with Crippen molar-refractivity contribution in [3.05, 3.63) is 71.0 Å². The average molecular weight is 913 g/mol. The first-order chi connectivity index (χ1) is 29.9. The lowest BCUT2D eigenvalue weighted by Crippen LogP contribution is -2.51. The number of aromatic amines is 2. The van der Waals surface area contributed by atoms with E-state index in [4.69, 9.17) is 23.2 Å². The van der Waals surface area contributed by atoms with Crippen LogP contribution in [0.3, 0.4) is 0 Å². The number of carbonyl (C=O) groups excluding carboxylic acids is 1. The lowest BCUT2D eigenvalue weighted by molar-refractivity contribution is 0.230. The number of rotatable bonds is 13. The van der Waals surface area contributed by atoms with E-state index in [0.717, 1.165) is 68.1 Å². The van der Waals surface area contributed by atoms with Crippen LogP contribution in [0.15, 0.2) is 49.3 Å². The van der Waals surface area contributed by atoms with Gasteiger partial charge in [-0.3, -0.25) is 0 Å². The lowest BCUT2D eigenvalue weighted by Gasteiger charge is -2.33. The van der Waals surface area contributed by atoms with Crippen molar-refractivity contribution in [2.75, 3.05) is 22.9 Å². The quantitative estimate of drug-likeness (QED) is 0.0587. The van der Waals surface area contributed by atoms with E-state index < -0.39 is 21.7 Å². The van der Waals surface area contributed by atoms with E-state index in [9.17, 15) is 22.0 Å². The van der Waals surface area contributed by atoms with Gasteiger partial charge in [0, 0.05) is 71.4 Å². The van der Waals surface area contributed by atoms with E-state index in [0.29, 0.717) is 69.9 Å². The standard InChI is InChI=1S/C21H25ClFN7O.C20H24ClFN6O2S/c1-2-7-24-21(31)29-17-6-4-3-5-16(17)28-20-15(23)11-27-19(30-20)14-10-26-18-13(14)8-12(22)9-25-18;1-2-7-31(29,30)28-17-6-4-3-5-16(17)26-20-15(22)11-25-19(27-20)14-10-24-18-13(14)8-12(21)9-23-18/h8-11,16-17H,2-7H2,1H3,(H,25,26)(H2,24,29,31)(H,27,28,30);8-11,16-17,28H,2-7H2,1H3,(H,23,24)(H,25,26,27)/t2*16?,17-/m11/s1. The minimum atomic E-state index is -3.38. The van der Waals surface area contributed by atoms with Crippen molar-refractivity contribution in [2.45, 2.75) is 102 Å².